The third-order valence-electron chi connectivity index (χ3n) is 6.41. The molecule has 0 aliphatic carbocycles. The normalized spacial score (nSPS) is 24.3. The molecule has 1 fully saturated rings. The van der Waals surface area contributed by atoms with E-state index in [4.69, 9.17) is 18.9 Å². The highest BCUT2D eigenvalue weighted by atomic mass is 32.2. The quantitative estimate of drug-likeness (QED) is 0.204. The van der Waals surface area contributed by atoms with Crippen molar-refractivity contribution < 1.29 is 18.9 Å². The van der Waals surface area contributed by atoms with E-state index in [1.54, 1.807) is 11.8 Å². The lowest BCUT2D eigenvalue weighted by Crippen LogP contribution is -2.56. The molecule has 4 rings (SSSR count). The minimum absolute atomic E-state index is 0.0523. The summed E-state index contributed by atoms with van der Waals surface area (Å²) in [5, 5.41) is 0. The minimum Gasteiger partial charge on any atom is -0.370 e. The van der Waals surface area contributed by atoms with Gasteiger partial charge in [0.2, 0.25) is 0 Å². The number of rotatable bonds is 12. The van der Waals surface area contributed by atoms with Gasteiger partial charge in [0.1, 0.15) is 6.10 Å². The first kappa shape index (κ1) is 25.9. The topological polar surface area (TPSA) is 36.9 Å². The average Bonchev–Trinajstić information content (AvgIpc) is 2.91. The molecule has 5 unspecified atom stereocenters. The molecule has 1 aliphatic rings. The molecule has 0 spiro atoms. The zero-order chi connectivity index (χ0) is 24.3. The Hall–Kier alpha value is -2.15. The maximum Gasteiger partial charge on any atom is 0.187 e. The summed E-state index contributed by atoms with van der Waals surface area (Å²) in [6.45, 7) is 5.37. The molecule has 35 heavy (non-hydrogen) atoms. The summed E-state index contributed by atoms with van der Waals surface area (Å²) < 4.78 is 25.8. The molecule has 1 saturated heterocycles. The van der Waals surface area contributed by atoms with Crippen LogP contribution in [0.3, 0.4) is 0 Å². The molecular formula is C30H36O4S. The minimum atomic E-state index is -0.482. The van der Waals surface area contributed by atoms with Gasteiger partial charge in [-0.3, -0.25) is 0 Å². The Balaban J connectivity index is 1.45. The molecule has 0 N–H and O–H groups in total. The molecular weight excluding hydrogens is 456 g/mol. The molecule has 0 bridgehead atoms. The van der Waals surface area contributed by atoms with Crippen LogP contribution in [0.4, 0.5) is 0 Å². The van der Waals surface area contributed by atoms with Crippen molar-refractivity contribution in [3.8, 4) is 0 Å². The maximum absolute atomic E-state index is 6.53. The van der Waals surface area contributed by atoms with Crippen molar-refractivity contribution >= 4 is 11.8 Å². The zero-order valence-electron chi connectivity index (χ0n) is 20.6. The summed E-state index contributed by atoms with van der Waals surface area (Å²) >= 11 is 1.74. The predicted molar refractivity (Wildman–Crippen MR) is 142 cm³/mol. The van der Waals surface area contributed by atoms with Gasteiger partial charge < -0.3 is 18.9 Å². The molecule has 0 saturated carbocycles. The Morgan fingerprint density at radius 2 is 1.20 bits per heavy atom. The summed E-state index contributed by atoms with van der Waals surface area (Å²) in [4.78, 5) is 0. The Morgan fingerprint density at radius 3 is 1.74 bits per heavy atom. The highest BCUT2D eigenvalue weighted by Crippen LogP contribution is 2.34. The molecule has 0 amide bonds. The van der Waals surface area contributed by atoms with E-state index in [0.29, 0.717) is 19.2 Å². The number of ether oxygens (including phenoxy) is 4. The third-order valence-corrected chi connectivity index (χ3v) is 7.25. The first-order valence-electron chi connectivity index (χ1n) is 12.4. The number of hydrogen-bond acceptors (Lipinski definition) is 5. The van der Waals surface area contributed by atoms with Gasteiger partial charge >= 0.3 is 0 Å². The van der Waals surface area contributed by atoms with Crippen molar-refractivity contribution in [1.29, 1.82) is 0 Å². The third kappa shape index (κ3) is 7.66. The van der Waals surface area contributed by atoms with Crippen LogP contribution < -0.4 is 0 Å². The van der Waals surface area contributed by atoms with Crippen molar-refractivity contribution in [3.63, 3.8) is 0 Å². The first-order valence-corrected chi connectivity index (χ1v) is 13.6. The SMILES string of the molecule is CCC1OC(OCSCc2ccccc2)C(OCc2ccccc2)C(OCc2ccccc2)C1C. The summed E-state index contributed by atoms with van der Waals surface area (Å²) in [5.41, 5.74) is 3.56. The lowest BCUT2D eigenvalue weighted by Gasteiger charge is -2.45. The van der Waals surface area contributed by atoms with Gasteiger partial charge in [-0.05, 0) is 23.1 Å². The van der Waals surface area contributed by atoms with Crippen LogP contribution in [0.25, 0.3) is 0 Å². The summed E-state index contributed by atoms with van der Waals surface area (Å²) in [6, 6.07) is 31.0. The standard InChI is InChI=1S/C30H36O4S/c1-3-27-23(2)28(31-19-24-13-7-4-8-14-24)29(32-20-25-15-9-5-10-16-25)30(34-27)33-22-35-21-26-17-11-6-12-18-26/h4-18,23,27-30H,3,19-22H2,1-2H3. The van der Waals surface area contributed by atoms with Gasteiger partial charge in [0.15, 0.2) is 6.29 Å². The predicted octanol–water partition coefficient (Wildman–Crippen LogP) is 6.84. The fourth-order valence-electron chi connectivity index (χ4n) is 4.44. The van der Waals surface area contributed by atoms with Crippen molar-refractivity contribution in [3.05, 3.63) is 108 Å². The van der Waals surface area contributed by atoms with Gasteiger partial charge in [0.25, 0.3) is 0 Å². The second-order valence-corrected chi connectivity index (χ2v) is 9.88. The molecule has 5 heteroatoms. The summed E-state index contributed by atoms with van der Waals surface area (Å²) in [7, 11) is 0. The molecule has 0 radical (unpaired) electrons. The Bertz CT molecular complexity index is 969. The summed E-state index contributed by atoms with van der Waals surface area (Å²) in [6.07, 6.45) is 0.00517. The lowest BCUT2D eigenvalue weighted by atomic mass is 9.89. The van der Waals surface area contributed by atoms with Crippen LogP contribution in [0.5, 0.6) is 0 Å². The van der Waals surface area contributed by atoms with E-state index in [9.17, 15) is 0 Å². The highest BCUT2D eigenvalue weighted by molar-refractivity contribution is 7.98. The first-order chi connectivity index (χ1) is 17.2. The van der Waals surface area contributed by atoms with E-state index < -0.39 is 6.29 Å². The lowest BCUT2D eigenvalue weighted by molar-refractivity contribution is -0.299. The van der Waals surface area contributed by atoms with E-state index in [-0.39, 0.29) is 24.2 Å². The number of thioether (sulfide) groups is 1. The molecule has 1 heterocycles. The molecule has 0 aromatic heterocycles. The van der Waals surface area contributed by atoms with E-state index in [1.165, 1.54) is 5.56 Å². The second-order valence-electron chi connectivity index (χ2n) is 8.95. The van der Waals surface area contributed by atoms with Gasteiger partial charge in [0.05, 0.1) is 31.4 Å². The average molecular weight is 493 g/mol. The van der Waals surface area contributed by atoms with Crippen LogP contribution in [0, 0.1) is 5.92 Å². The van der Waals surface area contributed by atoms with Crippen molar-refractivity contribution in [1.82, 2.24) is 0 Å². The van der Waals surface area contributed by atoms with Gasteiger partial charge in [-0.1, -0.05) is 105 Å². The zero-order valence-corrected chi connectivity index (χ0v) is 21.4. The van der Waals surface area contributed by atoms with Gasteiger partial charge in [-0.2, -0.15) is 0 Å². The molecule has 3 aromatic carbocycles. The Kier molecular flexibility index (Phi) is 10.2. The number of hydrogen-bond donors (Lipinski definition) is 0. The fourth-order valence-corrected chi connectivity index (χ4v) is 5.19. The highest BCUT2D eigenvalue weighted by Gasteiger charge is 2.45. The van der Waals surface area contributed by atoms with Gasteiger partial charge in [-0.15, -0.1) is 11.8 Å². The number of benzene rings is 3. The molecule has 186 valence electrons. The van der Waals surface area contributed by atoms with Crippen LogP contribution in [-0.4, -0.2) is 30.5 Å². The van der Waals surface area contributed by atoms with E-state index in [0.717, 1.165) is 23.3 Å². The van der Waals surface area contributed by atoms with Crippen molar-refractivity contribution in [2.75, 3.05) is 5.94 Å². The van der Waals surface area contributed by atoms with Gasteiger partial charge in [0, 0.05) is 11.7 Å². The molecule has 1 aliphatic heterocycles. The van der Waals surface area contributed by atoms with Gasteiger partial charge in [-0.25, -0.2) is 0 Å². The monoisotopic (exact) mass is 492 g/mol. The fraction of sp³-hybridized carbons (Fsp3) is 0.400. The van der Waals surface area contributed by atoms with Crippen LogP contribution in [-0.2, 0) is 37.9 Å². The van der Waals surface area contributed by atoms with E-state index in [2.05, 4.69) is 62.4 Å². The molecule has 4 nitrogen and oxygen atoms in total. The Morgan fingerprint density at radius 1 is 0.686 bits per heavy atom. The van der Waals surface area contributed by atoms with E-state index >= 15 is 0 Å². The van der Waals surface area contributed by atoms with Crippen molar-refractivity contribution in [2.45, 2.75) is 63.8 Å². The molecule has 5 atom stereocenters. The van der Waals surface area contributed by atoms with E-state index in [1.807, 2.05) is 42.5 Å². The smallest absolute Gasteiger partial charge is 0.187 e. The maximum atomic E-state index is 6.53. The molecule has 3 aromatic rings. The van der Waals surface area contributed by atoms with Crippen LogP contribution >= 0.6 is 11.8 Å². The van der Waals surface area contributed by atoms with Crippen LogP contribution in [0.2, 0.25) is 0 Å². The summed E-state index contributed by atoms with van der Waals surface area (Å²) in [5.74, 6) is 1.60. The Labute approximate surface area is 213 Å². The van der Waals surface area contributed by atoms with Crippen molar-refractivity contribution in [2.24, 2.45) is 5.92 Å². The second kappa shape index (κ2) is 13.8. The van der Waals surface area contributed by atoms with Crippen LogP contribution in [0.1, 0.15) is 37.0 Å². The largest absolute Gasteiger partial charge is 0.370 e. The van der Waals surface area contributed by atoms with Crippen LogP contribution in [0.15, 0.2) is 91.0 Å².